The van der Waals surface area contributed by atoms with Gasteiger partial charge < -0.3 is 10.1 Å². The maximum absolute atomic E-state index is 5.56. The Bertz CT molecular complexity index is 205. The lowest BCUT2D eigenvalue weighted by atomic mass is 9.81. The Labute approximate surface area is 108 Å². The lowest BCUT2D eigenvalue weighted by Crippen LogP contribution is -2.46. The average molecular weight is 241 g/mol. The summed E-state index contributed by atoms with van der Waals surface area (Å²) in [5.41, 5.74) is 0.412. The molecule has 102 valence electrons. The van der Waals surface area contributed by atoms with E-state index in [2.05, 4.69) is 26.1 Å². The minimum absolute atomic E-state index is 0.0225. The molecule has 1 saturated heterocycles. The molecule has 0 spiro atoms. The highest BCUT2D eigenvalue weighted by molar-refractivity contribution is 4.91. The molecule has 0 bridgehead atoms. The van der Waals surface area contributed by atoms with Crippen LogP contribution >= 0.6 is 0 Å². The van der Waals surface area contributed by atoms with Crippen molar-refractivity contribution in [3.05, 3.63) is 0 Å². The molecule has 0 saturated carbocycles. The molecule has 1 rings (SSSR count). The van der Waals surface area contributed by atoms with Gasteiger partial charge in [-0.3, -0.25) is 0 Å². The van der Waals surface area contributed by atoms with Gasteiger partial charge in [-0.2, -0.15) is 0 Å². The Balaban J connectivity index is 2.57. The van der Waals surface area contributed by atoms with E-state index in [1.54, 1.807) is 0 Å². The molecule has 1 N–H and O–H groups in total. The van der Waals surface area contributed by atoms with Gasteiger partial charge in [0.1, 0.15) is 0 Å². The van der Waals surface area contributed by atoms with Gasteiger partial charge in [0, 0.05) is 12.6 Å². The maximum Gasteiger partial charge on any atom is 0.0623 e. The Morgan fingerprint density at radius 2 is 1.94 bits per heavy atom. The monoisotopic (exact) mass is 241 g/mol. The topological polar surface area (TPSA) is 21.3 Å². The molecule has 1 heterocycles. The van der Waals surface area contributed by atoms with Gasteiger partial charge in [0.2, 0.25) is 0 Å². The van der Waals surface area contributed by atoms with Gasteiger partial charge in [-0.1, -0.05) is 26.2 Å². The van der Waals surface area contributed by atoms with Crippen LogP contribution in [0.3, 0.4) is 0 Å². The van der Waals surface area contributed by atoms with E-state index in [0.29, 0.717) is 5.54 Å². The predicted octanol–water partition coefficient (Wildman–Crippen LogP) is 3.89. The summed E-state index contributed by atoms with van der Waals surface area (Å²) in [6.45, 7) is 7.90. The minimum Gasteiger partial charge on any atom is -0.379 e. The van der Waals surface area contributed by atoms with Crippen LogP contribution in [0, 0.1) is 0 Å². The molecule has 1 unspecified atom stereocenters. The molecule has 0 aromatic rings. The van der Waals surface area contributed by atoms with Crippen molar-refractivity contribution < 1.29 is 4.74 Å². The molecule has 1 atom stereocenters. The average Bonchev–Trinajstić information content (AvgIpc) is 2.54. The largest absolute Gasteiger partial charge is 0.379 e. The highest BCUT2D eigenvalue weighted by Crippen LogP contribution is 2.31. The molecule has 2 heteroatoms. The third-order valence-corrected chi connectivity index (χ3v) is 4.32. The van der Waals surface area contributed by atoms with Crippen molar-refractivity contribution in [2.75, 3.05) is 13.7 Å². The van der Waals surface area contributed by atoms with E-state index in [9.17, 15) is 0 Å². The van der Waals surface area contributed by atoms with Crippen LogP contribution in [-0.4, -0.2) is 24.8 Å². The Morgan fingerprint density at radius 1 is 1.18 bits per heavy atom. The molecule has 0 amide bonds. The van der Waals surface area contributed by atoms with Gasteiger partial charge in [-0.15, -0.1) is 0 Å². The van der Waals surface area contributed by atoms with Gasteiger partial charge in [0.15, 0.2) is 0 Å². The Morgan fingerprint density at radius 3 is 2.59 bits per heavy atom. The van der Waals surface area contributed by atoms with E-state index in [1.165, 1.54) is 51.5 Å². The first kappa shape index (κ1) is 15.0. The highest BCUT2D eigenvalue weighted by atomic mass is 16.5. The number of rotatable bonds is 6. The van der Waals surface area contributed by atoms with Crippen molar-refractivity contribution in [2.45, 2.75) is 83.3 Å². The van der Waals surface area contributed by atoms with Crippen LogP contribution in [0.2, 0.25) is 0 Å². The van der Waals surface area contributed by atoms with Crippen LogP contribution in [0.25, 0.3) is 0 Å². The molecule has 0 radical (unpaired) electrons. The van der Waals surface area contributed by atoms with E-state index in [4.69, 9.17) is 4.74 Å². The van der Waals surface area contributed by atoms with Gasteiger partial charge in [0.25, 0.3) is 0 Å². The number of hydrogen-bond acceptors (Lipinski definition) is 2. The van der Waals surface area contributed by atoms with Crippen LogP contribution in [0.1, 0.15) is 72.1 Å². The zero-order chi connectivity index (χ0) is 12.8. The Kier molecular flexibility index (Phi) is 5.94. The second-order valence-corrected chi connectivity index (χ2v) is 6.23. The maximum atomic E-state index is 5.56. The van der Waals surface area contributed by atoms with Gasteiger partial charge in [-0.05, 0) is 52.5 Å². The van der Waals surface area contributed by atoms with E-state index >= 15 is 0 Å². The predicted molar refractivity (Wildman–Crippen MR) is 74.4 cm³/mol. The lowest BCUT2D eigenvalue weighted by molar-refractivity contribution is 0.00608. The highest BCUT2D eigenvalue weighted by Gasteiger charge is 2.31. The van der Waals surface area contributed by atoms with E-state index in [0.717, 1.165) is 6.42 Å². The fraction of sp³-hybridized carbons (Fsp3) is 1.00. The first-order valence-electron chi connectivity index (χ1n) is 7.34. The summed E-state index contributed by atoms with van der Waals surface area (Å²) in [5, 5.41) is 3.84. The molecule has 0 aromatic carbocycles. The third-order valence-electron chi connectivity index (χ3n) is 4.32. The Hall–Kier alpha value is -0.0800. The number of ether oxygens (including phenoxy) is 1. The first-order chi connectivity index (χ1) is 8.04. The number of hydrogen-bond donors (Lipinski definition) is 1. The van der Waals surface area contributed by atoms with Gasteiger partial charge >= 0.3 is 0 Å². The molecule has 1 aliphatic heterocycles. The van der Waals surface area contributed by atoms with Crippen LogP contribution in [0.15, 0.2) is 0 Å². The van der Waals surface area contributed by atoms with Crippen molar-refractivity contribution in [3.63, 3.8) is 0 Å². The third kappa shape index (κ3) is 4.97. The quantitative estimate of drug-likeness (QED) is 0.761. The van der Waals surface area contributed by atoms with Crippen molar-refractivity contribution in [2.24, 2.45) is 0 Å². The van der Waals surface area contributed by atoms with Crippen molar-refractivity contribution >= 4 is 0 Å². The summed E-state index contributed by atoms with van der Waals surface area (Å²) in [6.07, 6.45) is 10.5. The zero-order valence-corrected chi connectivity index (χ0v) is 12.3. The first-order valence-corrected chi connectivity index (χ1v) is 7.34. The normalized spacial score (nSPS) is 26.8. The second kappa shape index (κ2) is 6.75. The van der Waals surface area contributed by atoms with Crippen LogP contribution in [-0.2, 0) is 4.74 Å². The molecule has 17 heavy (non-hydrogen) atoms. The second-order valence-electron chi connectivity index (χ2n) is 6.23. The fourth-order valence-electron chi connectivity index (χ4n) is 2.88. The van der Waals surface area contributed by atoms with Gasteiger partial charge in [0.05, 0.1) is 5.60 Å². The van der Waals surface area contributed by atoms with Crippen LogP contribution in [0.4, 0.5) is 0 Å². The molecular formula is C15H31NO. The van der Waals surface area contributed by atoms with Crippen molar-refractivity contribution in [1.29, 1.82) is 0 Å². The molecular weight excluding hydrogens is 210 g/mol. The SMILES string of the molecule is CCCC1(CCC(C)(C)OC)CCCCCN1. The van der Waals surface area contributed by atoms with Crippen LogP contribution in [0.5, 0.6) is 0 Å². The smallest absolute Gasteiger partial charge is 0.0623 e. The standard InChI is InChI=1S/C15H31NO/c1-5-9-15(10-7-6-8-13-16-15)12-11-14(2,3)17-4/h16H,5-13H2,1-4H3. The molecule has 1 aliphatic rings. The minimum atomic E-state index is 0.0225. The van der Waals surface area contributed by atoms with Crippen molar-refractivity contribution in [3.8, 4) is 0 Å². The molecule has 2 nitrogen and oxygen atoms in total. The summed E-state index contributed by atoms with van der Waals surface area (Å²) >= 11 is 0. The number of methoxy groups -OCH3 is 1. The van der Waals surface area contributed by atoms with E-state index < -0.39 is 0 Å². The lowest BCUT2D eigenvalue weighted by Gasteiger charge is -2.36. The molecule has 1 fully saturated rings. The van der Waals surface area contributed by atoms with Crippen molar-refractivity contribution in [1.82, 2.24) is 5.32 Å². The summed E-state index contributed by atoms with van der Waals surface area (Å²) in [4.78, 5) is 0. The summed E-state index contributed by atoms with van der Waals surface area (Å²) in [6, 6.07) is 0. The number of nitrogens with one attached hydrogen (secondary N) is 1. The summed E-state index contributed by atoms with van der Waals surface area (Å²) in [5.74, 6) is 0. The molecule has 0 aromatic heterocycles. The fourth-order valence-corrected chi connectivity index (χ4v) is 2.88. The van der Waals surface area contributed by atoms with E-state index in [-0.39, 0.29) is 5.60 Å². The van der Waals surface area contributed by atoms with E-state index in [1.807, 2.05) is 7.11 Å². The molecule has 0 aliphatic carbocycles. The summed E-state index contributed by atoms with van der Waals surface area (Å²) < 4.78 is 5.56. The van der Waals surface area contributed by atoms with Gasteiger partial charge in [-0.25, -0.2) is 0 Å². The van der Waals surface area contributed by atoms with Crippen LogP contribution < -0.4 is 5.32 Å². The summed E-state index contributed by atoms with van der Waals surface area (Å²) in [7, 11) is 1.83. The zero-order valence-electron chi connectivity index (χ0n) is 12.3.